The van der Waals surface area contributed by atoms with Crippen LogP contribution in [-0.2, 0) is 16.0 Å². The van der Waals surface area contributed by atoms with Gasteiger partial charge in [0.15, 0.2) is 0 Å². The Morgan fingerprint density at radius 2 is 2.32 bits per heavy atom. The molecule has 1 aliphatic heterocycles. The van der Waals surface area contributed by atoms with Crippen molar-refractivity contribution in [3.63, 3.8) is 0 Å². The number of aromatic nitrogens is 3. The van der Waals surface area contributed by atoms with E-state index < -0.39 is 11.7 Å². The maximum atomic E-state index is 13.2. The number of carbonyl (C=O) groups is 2. The number of anilines is 1. The molecule has 1 unspecified atom stereocenters. The minimum Gasteiger partial charge on any atom is -0.355 e. The van der Waals surface area contributed by atoms with E-state index in [2.05, 4.69) is 26.0 Å². The quantitative estimate of drug-likeness (QED) is 0.775. The fourth-order valence-electron chi connectivity index (χ4n) is 2.45. The fourth-order valence-corrected chi connectivity index (χ4v) is 2.45. The van der Waals surface area contributed by atoms with Gasteiger partial charge in [0.1, 0.15) is 5.82 Å². The van der Waals surface area contributed by atoms with Crippen LogP contribution >= 0.6 is 0 Å². The summed E-state index contributed by atoms with van der Waals surface area (Å²) >= 11 is 0. The normalized spacial score (nSPS) is 16.8. The Balaban J connectivity index is 1.68. The molecule has 0 spiro atoms. The first-order valence-corrected chi connectivity index (χ1v) is 6.85. The summed E-state index contributed by atoms with van der Waals surface area (Å²) in [5.74, 6) is -1.62. The molecule has 0 saturated heterocycles. The molecule has 1 aromatic heterocycles. The second kappa shape index (κ2) is 5.92. The van der Waals surface area contributed by atoms with Gasteiger partial charge in [0.25, 0.3) is 0 Å². The molecule has 1 atom stereocenters. The van der Waals surface area contributed by atoms with E-state index in [1.54, 1.807) is 6.20 Å². The van der Waals surface area contributed by atoms with E-state index in [1.165, 1.54) is 18.2 Å². The molecule has 7 nitrogen and oxygen atoms in total. The van der Waals surface area contributed by atoms with Gasteiger partial charge in [-0.1, -0.05) is 6.07 Å². The third kappa shape index (κ3) is 2.95. The summed E-state index contributed by atoms with van der Waals surface area (Å²) in [6.07, 6.45) is 2.17. The number of H-pyrrole nitrogens is 1. The molecule has 1 aliphatic rings. The topological polar surface area (TPSA) is 99.8 Å². The summed E-state index contributed by atoms with van der Waals surface area (Å²) in [5.41, 5.74) is 1.72. The Labute approximate surface area is 125 Å². The van der Waals surface area contributed by atoms with Crippen molar-refractivity contribution in [2.24, 2.45) is 0 Å². The van der Waals surface area contributed by atoms with Crippen LogP contribution in [0.3, 0.4) is 0 Å². The zero-order valence-corrected chi connectivity index (χ0v) is 11.6. The van der Waals surface area contributed by atoms with E-state index in [-0.39, 0.29) is 18.2 Å². The number of aromatic amines is 1. The lowest BCUT2D eigenvalue weighted by molar-refractivity contribution is -0.126. The van der Waals surface area contributed by atoms with E-state index in [4.69, 9.17) is 0 Å². The standard InChI is InChI=1S/C14H14FN5O2/c15-8-1-2-10-11(6-13(21)18-12(10)5-8)14(22)16-4-3-9-7-17-20-19-9/h1-2,5,7,11H,3-4,6H2,(H,16,22)(H,18,21)(H,17,19,20). The highest BCUT2D eigenvalue weighted by Gasteiger charge is 2.30. The number of amides is 2. The first kappa shape index (κ1) is 14.2. The van der Waals surface area contributed by atoms with Crippen LogP contribution in [0.2, 0.25) is 0 Å². The number of rotatable bonds is 4. The first-order chi connectivity index (χ1) is 10.6. The van der Waals surface area contributed by atoms with E-state index in [0.717, 1.165) is 5.69 Å². The molecule has 3 rings (SSSR count). The van der Waals surface area contributed by atoms with Crippen molar-refractivity contribution in [1.29, 1.82) is 0 Å². The summed E-state index contributed by atoms with van der Waals surface area (Å²) < 4.78 is 13.2. The minimum absolute atomic E-state index is 0.0500. The van der Waals surface area contributed by atoms with E-state index in [0.29, 0.717) is 24.2 Å². The number of nitrogens with zero attached hydrogens (tertiary/aromatic N) is 2. The van der Waals surface area contributed by atoms with Gasteiger partial charge in [-0.15, -0.1) is 0 Å². The Morgan fingerprint density at radius 3 is 3.09 bits per heavy atom. The van der Waals surface area contributed by atoms with Gasteiger partial charge >= 0.3 is 0 Å². The molecule has 0 fully saturated rings. The summed E-state index contributed by atoms with van der Waals surface area (Å²) in [7, 11) is 0. The zero-order valence-electron chi connectivity index (χ0n) is 11.6. The van der Waals surface area contributed by atoms with Crippen LogP contribution in [0, 0.1) is 5.82 Å². The Hall–Kier alpha value is -2.77. The molecule has 114 valence electrons. The molecule has 2 amide bonds. The number of hydrogen-bond donors (Lipinski definition) is 3. The van der Waals surface area contributed by atoms with Crippen molar-refractivity contribution < 1.29 is 14.0 Å². The zero-order chi connectivity index (χ0) is 15.5. The van der Waals surface area contributed by atoms with Gasteiger partial charge in [-0.2, -0.15) is 15.4 Å². The third-order valence-corrected chi connectivity index (χ3v) is 3.52. The number of hydrogen-bond acceptors (Lipinski definition) is 4. The molecule has 2 heterocycles. The molecule has 0 saturated carbocycles. The summed E-state index contributed by atoms with van der Waals surface area (Å²) in [5, 5.41) is 15.4. The van der Waals surface area contributed by atoms with Crippen molar-refractivity contribution in [3.8, 4) is 0 Å². The second-order valence-electron chi connectivity index (χ2n) is 5.04. The van der Waals surface area contributed by atoms with Crippen LogP contribution in [0.15, 0.2) is 24.4 Å². The fraction of sp³-hybridized carbons (Fsp3) is 0.286. The molecule has 0 radical (unpaired) electrons. The van der Waals surface area contributed by atoms with Crippen molar-refractivity contribution in [3.05, 3.63) is 41.5 Å². The molecule has 2 aromatic rings. The molecular weight excluding hydrogens is 289 g/mol. The molecular formula is C14H14FN5O2. The Kier molecular flexibility index (Phi) is 3.82. The first-order valence-electron chi connectivity index (χ1n) is 6.85. The van der Waals surface area contributed by atoms with Crippen LogP contribution in [0.4, 0.5) is 10.1 Å². The molecule has 8 heteroatoms. The number of carbonyl (C=O) groups excluding carboxylic acids is 2. The third-order valence-electron chi connectivity index (χ3n) is 3.52. The van der Waals surface area contributed by atoms with Gasteiger partial charge < -0.3 is 10.6 Å². The van der Waals surface area contributed by atoms with Crippen molar-refractivity contribution in [1.82, 2.24) is 20.7 Å². The van der Waals surface area contributed by atoms with Gasteiger partial charge in [0.2, 0.25) is 11.8 Å². The molecule has 1 aromatic carbocycles. The van der Waals surface area contributed by atoms with Crippen molar-refractivity contribution in [2.75, 3.05) is 11.9 Å². The second-order valence-corrected chi connectivity index (χ2v) is 5.04. The predicted octanol–water partition coefficient (Wildman–Crippen LogP) is 0.728. The van der Waals surface area contributed by atoms with Gasteiger partial charge in [0, 0.05) is 25.1 Å². The summed E-state index contributed by atoms with van der Waals surface area (Å²) in [6, 6.07) is 4.04. The number of nitrogens with one attached hydrogen (secondary N) is 3. The number of halogens is 1. The monoisotopic (exact) mass is 303 g/mol. The number of fused-ring (bicyclic) bond motifs is 1. The average Bonchev–Trinajstić information content (AvgIpc) is 2.99. The Morgan fingerprint density at radius 1 is 1.45 bits per heavy atom. The molecule has 22 heavy (non-hydrogen) atoms. The summed E-state index contributed by atoms with van der Waals surface area (Å²) in [6.45, 7) is 0.389. The van der Waals surface area contributed by atoms with Crippen LogP contribution in [0.5, 0.6) is 0 Å². The maximum absolute atomic E-state index is 13.2. The van der Waals surface area contributed by atoms with Crippen LogP contribution in [-0.4, -0.2) is 33.8 Å². The average molecular weight is 303 g/mol. The highest BCUT2D eigenvalue weighted by atomic mass is 19.1. The van der Waals surface area contributed by atoms with Crippen LogP contribution in [0.1, 0.15) is 23.6 Å². The van der Waals surface area contributed by atoms with Crippen molar-refractivity contribution in [2.45, 2.75) is 18.8 Å². The van der Waals surface area contributed by atoms with Crippen LogP contribution < -0.4 is 10.6 Å². The smallest absolute Gasteiger partial charge is 0.228 e. The Bertz CT molecular complexity index is 701. The molecule has 0 bridgehead atoms. The summed E-state index contributed by atoms with van der Waals surface area (Å²) in [4.78, 5) is 24.0. The lowest BCUT2D eigenvalue weighted by Gasteiger charge is -2.24. The van der Waals surface area contributed by atoms with Crippen LogP contribution in [0.25, 0.3) is 0 Å². The largest absolute Gasteiger partial charge is 0.355 e. The van der Waals surface area contributed by atoms with E-state index in [1.807, 2.05) is 0 Å². The minimum atomic E-state index is -0.610. The van der Waals surface area contributed by atoms with Crippen molar-refractivity contribution >= 4 is 17.5 Å². The van der Waals surface area contributed by atoms with Gasteiger partial charge in [-0.05, 0) is 17.7 Å². The van der Waals surface area contributed by atoms with E-state index in [9.17, 15) is 14.0 Å². The number of benzene rings is 1. The molecule has 3 N–H and O–H groups in total. The SMILES string of the molecule is O=C1CC(C(=O)NCCc2cn[nH]n2)c2ccc(F)cc2N1. The highest BCUT2D eigenvalue weighted by molar-refractivity contribution is 6.01. The van der Waals surface area contributed by atoms with Gasteiger partial charge in [-0.3, -0.25) is 9.59 Å². The lowest BCUT2D eigenvalue weighted by atomic mass is 9.89. The lowest BCUT2D eigenvalue weighted by Crippen LogP contribution is -2.36. The van der Waals surface area contributed by atoms with Gasteiger partial charge in [-0.25, -0.2) is 4.39 Å². The maximum Gasteiger partial charge on any atom is 0.228 e. The predicted molar refractivity (Wildman–Crippen MR) is 75.5 cm³/mol. The molecule has 0 aliphatic carbocycles. The highest BCUT2D eigenvalue weighted by Crippen LogP contribution is 2.32. The van der Waals surface area contributed by atoms with Gasteiger partial charge in [0.05, 0.1) is 17.8 Å². The van der Waals surface area contributed by atoms with E-state index >= 15 is 0 Å².